The van der Waals surface area contributed by atoms with Gasteiger partial charge in [0.25, 0.3) is 5.91 Å². The quantitative estimate of drug-likeness (QED) is 0.426. The average Bonchev–Trinajstić information content (AvgIpc) is 3.04. The van der Waals surface area contributed by atoms with Crippen LogP contribution in [0.25, 0.3) is 11.1 Å². The van der Waals surface area contributed by atoms with E-state index >= 15 is 0 Å². The van der Waals surface area contributed by atoms with Crippen LogP contribution in [0.1, 0.15) is 29.6 Å². The number of rotatable bonds is 9. The van der Waals surface area contributed by atoms with Gasteiger partial charge in [0.2, 0.25) is 0 Å². The van der Waals surface area contributed by atoms with Crippen LogP contribution >= 0.6 is 11.6 Å². The second-order valence-corrected chi connectivity index (χ2v) is 6.86. The van der Waals surface area contributed by atoms with Crippen LogP contribution < -0.4 is 11.1 Å². The third-order valence-corrected chi connectivity index (χ3v) is 4.56. The molecule has 0 atom stereocenters. The molecule has 1 amide bonds. The number of nitrogens with zero attached hydrogens (tertiary/aromatic N) is 1. The molecule has 1 aromatic heterocycles. The average molecular weight is 417 g/mol. The van der Waals surface area contributed by atoms with Gasteiger partial charge in [-0.25, -0.2) is 4.79 Å². The number of aromatic nitrogens is 1. The highest BCUT2D eigenvalue weighted by atomic mass is 35.5. The summed E-state index contributed by atoms with van der Waals surface area (Å²) in [5, 5.41) is 3.31. The number of carbonyl (C=O) groups is 2. The minimum Gasteiger partial charge on any atom is -0.466 e. The zero-order valence-electron chi connectivity index (χ0n) is 15.7. The van der Waals surface area contributed by atoms with E-state index in [1.807, 2.05) is 12.1 Å². The topological polar surface area (TPSA) is 90.5 Å². The predicted molar refractivity (Wildman–Crippen MR) is 109 cm³/mol. The molecule has 2 aromatic carbocycles. The molecule has 0 aliphatic rings. The van der Waals surface area contributed by atoms with Crippen molar-refractivity contribution in [2.24, 2.45) is 0 Å². The number of carbonyl (C=O) groups excluding carboxylic acids is 2. The van der Waals surface area contributed by atoms with Crippen molar-refractivity contribution in [3.05, 3.63) is 69.7 Å². The van der Waals surface area contributed by atoms with Crippen molar-refractivity contribution in [1.82, 2.24) is 9.88 Å². The highest BCUT2D eigenvalue weighted by Gasteiger charge is 2.09. The molecule has 8 heteroatoms. The Morgan fingerprint density at radius 1 is 1.07 bits per heavy atom. The van der Waals surface area contributed by atoms with E-state index in [0.717, 1.165) is 5.52 Å². The van der Waals surface area contributed by atoms with Crippen LogP contribution in [0.2, 0.25) is 5.02 Å². The molecule has 3 aromatic rings. The lowest BCUT2D eigenvalue weighted by Crippen LogP contribution is -2.25. The molecule has 0 aliphatic carbocycles. The number of hydrogen-bond donors (Lipinski definition) is 1. The molecule has 0 unspecified atom stereocenters. The molecule has 29 heavy (non-hydrogen) atoms. The number of oxazole rings is 1. The van der Waals surface area contributed by atoms with E-state index in [4.69, 9.17) is 20.8 Å². The van der Waals surface area contributed by atoms with Crippen LogP contribution in [0.3, 0.4) is 0 Å². The van der Waals surface area contributed by atoms with Crippen LogP contribution in [0, 0.1) is 0 Å². The monoisotopic (exact) mass is 416 g/mol. The molecule has 0 bridgehead atoms. The molecule has 0 fully saturated rings. The van der Waals surface area contributed by atoms with E-state index in [-0.39, 0.29) is 24.9 Å². The summed E-state index contributed by atoms with van der Waals surface area (Å²) in [7, 11) is 0. The van der Waals surface area contributed by atoms with E-state index in [1.165, 1.54) is 4.57 Å². The predicted octanol–water partition coefficient (Wildman–Crippen LogP) is 3.39. The van der Waals surface area contributed by atoms with Gasteiger partial charge in [0.1, 0.15) is 0 Å². The van der Waals surface area contributed by atoms with Crippen molar-refractivity contribution in [3.63, 3.8) is 0 Å². The first-order valence-electron chi connectivity index (χ1n) is 9.32. The van der Waals surface area contributed by atoms with E-state index in [9.17, 15) is 14.4 Å². The summed E-state index contributed by atoms with van der Waals surface area (Å²) in [5.41, 5.74) is 1.77. The Morgan fingerprint density at radius 3 is 2.62 bits per heavy atom. The first kappa shape index (κ1) is 20.7. The molecule has 1 heterocycles. The Hall–Kier alpha value is -3.06. The number of esters is 1. The van der Waals surface area contributed by atoms with Gasteiger partial charge in [-0.2, -0.15) is 0 Å². The lowest BCUT2D eigenvalue weighted by Gasteiger charge is -2.07. The van der Waals surface area contributed by atoms with E-state index < -0.39 is 5.76 Å². The highest BCUT2D eigenvalue weighted by Crippen LogP contribution is 2.12. The van der Waals surface area contributed by atoms with Crippen LogP contribution in [0.15, 0.2) is 57.7 Å². The van der Waals surface area contributed by atoms with E-state index in [2.05, 4.69) is 5.32 Å². The maximum absolute atomic E-state index is 11.9. The number of ether oxygens (including phenoxy) is 1. The van der Waals surface area contributed by atoms with Gasteiger partial charge in [-0.3, -0.25) is 14.2 Å². The highest BCUT2D eigenvalue weighted by molar-refractivity contribution is 6.30. The Morgan fingerprint density at radius 2 is 1.83 bits per heavy atom. The zero-order chi connectivity index (χ0) is 20.6. The molecule has 0 spiro atoms. The molecule has 0 radical (unpaired) electrons. The summed E-state index contributed by atoms with van der Waals surface area (Å²) >= 11 is 5.79. The maximum Gasteiger partial charge on any atom is 0.419 e. The fourth-order valence-electron chi connectivity index (χ4n) is 2.84. The minimum atomic E-state index is -0.422. The molecule has 7 nitrogen and oxygen atoms in total. The number of halogens is 1. The second-order valence-electron chi connectivity index (χ2n) is 6.43. The fraction of sp³-hybridized carbons (Fsp3) is 0.286. The van der Waals surface area contributed by atoms with Crippen molar-refractivity contribution in [3.8, 4) is 0 Å². The smallest absolute Gasteiger partial charge is 0.419 e. The molecule has 0 saturated carbocycles. The standard InChI is InChI=1S/C21H21ClN2O5/c22-16-10-8-15(9-11-16)20(26)23-12-3-7-19(25)28-14-4-13-24-17-5-1-2-6-18(17)29-21(24)27/h1-2,5-6,8-11H,3-4,7,12-14H2,(H,23,26). The van der Waals surface area contributed by atoms with Crippen molar-refractivity contribution < 1.29 is 18.7 Å². The minimum absolute atomic E-state index is 0.204. The Balaban J connectivity index is 1.32. The van der Waals surface area contributed by atoms with Crippen molar-refractivity contribution in [2.45, 2.75) is 25.8 Å². The van der Waals surface area contributed by atoms with Gasteiger partial charge in [-0.05, 0) is 49.2 Å². The number of amides is 1. The molecular formula is C21H21ClN2O5. The third kappa shape index (κ3) is 5.71. The third-order valence-electron chi connectivity index (χ3n) is 4.31. The van der Waals surface area contributed by atoms with Gasteiger partial charge in [0.05, 0.1) is 12.1 Å². The summed E-state index contributed by atoms with van der Waals surface area (Å²) in [6, 6.07) is 13.8. The summed E-state index contributed by atoms with van der Waals surface area (Å²) in [6.07, 6.45) is 1.18. The van der Waals surface area contributed by atoms with Crippen molar-refractivity contribution in [1.29, 1.82) is 0 Å². The lowest BCUT2D eigenvalue weighted by molar-refractivity contribution is -0.143. The molecule has 152 valence electrons. The van der Waals surface area contributed by atoms with Crippen molar-refractivity contribution >= 4 is 34.6 Å². The van der Waals surface area contributed by atoms with Crippen LogP contribution in [-0.4, -0.2) is 29.6 Å². The summed E-state index contributed by atoms with van der Waals surface area (Å²) in [6.45, 7) is 0.981. The van der Waals surface area contributed by atoms with Gasteiger partial charge in [-0.1, -0.05) is 23.7 Å². The normalized spacial score (nSPS) is 10.8. The maximum atomic E-state index is 11.9. The molecule has 0 saturated heterocycles. The SMILES string of the molecule is O=C(CCCNC(=O)c1ccc(Cl)cc1)OCCCn1c(=O)oc2ccccc21. The lowest BCUT2D eigenvalue weighted by atomic mass is 10.2. The number of benzene rings is 2. The molecule has 3 rings (SSSR count). The molecule has 0 aliphatic heterocycles. The second kappa shape index (κ2) is 9.93. The van der Waals surface area contributed by atoms with Crippen LogP contribution in [0.4, 0.5) is 0 Å². The van der Waals surface area contributed by atoms with E-state index in [1.54, 1.807) is 36.4 Å². The summed E-state index contributed by atoms with van der Waals surface area (Å²) in [5.74, 6) is -0.975. The number of nitrogens with one attached hydrogen (secondary N) is 1. The Bertz CT molecular complexity index is 1040. The van der Waals surface area contributed by atoms with Crippen LogP contribution in [-0.2, 0) is 16.1 Å². The number of aryl methyl sites for hydroxylation is 1. The van der Waals surface area contributed by atoms with Gasteiger partial charge in [0, 0.05) is 30.1 Å². The van der Waals surface area contributed by atoms with Gasteiger partial charge in [-0.15, -0.1) is 0 Å². The summed E-state index contributed by atoms with van der Waals surface area (Å²) < 4.78 is 11.9. The number of hydrogen-bond acceptors (Lipinski definition) is 5. The zero-order valence-corrected chi connectivity index (χ0v) is 16.5. The van der Waals surface area contributed by atoms with E-state index in [0.29, 0.717) is 42.1 Å². The first-order chi connectivity index (χ1) is 14.0. The largest absolute Gasteiger partial charge is 0.466 e. The Kier molecular flexibility index (Phi) is 7.08. The number of fused-ring (bicyclic) bond motifs is 1. The van der Waals surface area contributed by atoms with Crippen LogP contribution in [0.5, 0.6) is 0 Å². The van der Waals surface area contributed by atoms with Crippen molar-refractivity contribution in [2.75, 3.05) is 13.2 Å². The Labute approximate surface area is 172 Å². The summed E-state index contributed by atoms with van der Waals surface area (Å²) in [4.78, 5) is 35.6. The number of para-hydroxylation sites is 2. The van der Waals surface area contributed by atoms with Gasteiger partial charge in [0.15, 0.2) is 5.58 Å². The van der Waals surface area contributed by atoms with Gasteiger partial charge >= 0.3 is 11.7 Å². The molecule has 1 N–H and O–H groups in total. The van der Waals surface area contributed by atoms with Gasteiger partial charge < -0.3 is 14.5 Å². The fourth-order valence-corrected chi connectivity index (χ4v) is 2.97. The first-order valence-corrected chi connectivity index (χ1v) is 9.70. The molecular weight excluding hydrogens is 396 g/mol.